The Kier molecular flexibility index (Phi) is 3.82. The fraction of sp³-hybridized carbons (Fsp3) is 0.467. The van der Waals surface area contributed by atoms with E-state index in [-0.39, 0.29) is 5.54 Å². The number of rotatable bonds is 3. The van der Waals surface area contributed by atoms with Crippen molar-refractivity contribution in [2.24, 2.45) is 0 Å². The van der Waals surface area contributed by atoms with E-state index in [4.69, 9.17) is 0 Å². The summed E-state index contributed by atoms with van der Waals surface area (Å²) in [5.74, 6) is 0. The molecule has 0 aliphatic rings. The number of hydrogen-bond acceptors (Lipinski definition) is 1. The lowest BCUT2D eigenvalue weighted by Gasteiger charge is -2.20. The number of nitrogens with one attached hydrogen (secondary N) is 1. The van der Waals surface area contributed by atoms with Gasteiger partial charge in [0.25, 0.3) is 0 Å². The van der Waals surface area contributed by atoms with E-state index in [0.717, 1.165) is 10.9 Å². The molecular weight excluding hydrogens is 265 g/mol. The van der Waals surface area contributed by atoms with E-state index < -0.39 is 12.7 Å². The highest BCUT2D eigenvalue weighted by Gasteiger charge is 2.28. The molecule has 2 aromatic rings. The van der Waals surface area contributed by atoms with Crippen molar-refractivity contribution in [3.8, 4) is 0 Å². The molecule has 0 radical (unpaired) electrons. The van der Waals surface area contributed by atoms with Crippen molar-refractivity contribution in [2.75, 3.05) is 0 Å². The molecule has 0 fully saturated rings. The van der Waals surface area contributed by atoms with Gasteiger partial charge < -0.3 is 9.88 Å². The van der Waals surface area contributed by atoms with Crippen LogP contribution in [0.15, 0.2) is 30.5 Å². The summed E-state index contributed by atoms with van der Waals surface area (Å²) in [7, 11) is 0. The van der Waals surface area contributed by atoms with E-state index in [1.54, 1.807) is 12.1 Å². The molecule has 0 bridgehead atoms. The lowest BCUT2D eigenvalue weighted by Crippen LogP contribution is -2.35. The molecule has 1 aromatic carbocycles. The third kappa shape index (κ3) is 4.00. The van der Waals surface area contributed by atoms with Gasteiger partial charge in [0.15, 0.2) is 0 Å². The number of benzene rings is 1. The highest BCUT2D eigenvalue weighted by Crippen LogP contribution is 2.23. The van der Waals surface area contributed by atoms with Gasteiger partial charge >= 0.3 is 6.18 Å². The van der Waals surface area contributed by atoms with Crippen LogP contribution in [-0.2, 0) is 13.1 Å². The fourth-order valence-corrected chi connectivity index (χ4v) is 2.06. The van der Waals surface area contributed by atoms with Crippen molar-refractivity contribution in [3.05, 3.63) is 36.0 Å². The third-order valence-electron chi connectivity index (χ3n) is 3.01. The fourth-order valence-electron chi connectivity index (χ4n) is 2.06. The van der Waals surface area contributed by atoms with Crippen LogP contribution in [0, 0.1) is 0 Å². The number of alkyl halides is 3. The van der Waals surface area contributed by atoms with Gasteiger partial charge in [-0.05, 0) is 49.9 Å². The number of nitrogens with zero attached hydrogens (tertiary/aromatic N) is 1. The average molecular weight is 284 g/mol. The zero-order chi connectivity index (χ0) is 15.0. The van der Waals surface area contributed by atoms with E-state index in [0.29, 0.717) is 12.1 Å². The second-order valence-electron chi connectivity index (χ2n) is 6.06. The van der Waals surface area contributed by atoms with E-state index in [1.807, 2.05) is 12.1 Å². The molecule has 1 N–H and O–H groups in total. The molecule has 20 heavy (non-hydrogen) atoms. The molecule has 0 aliphatic carbocycles. The maximum Gasteiger partial charge on any atom is 0.406 e. The Hall–Kier alpha value is -1.49. The first-order chi connectivity index (χ1) is 9.14. The number of aromatic nitrogens is 1. The first-order valence-corrected chi connectivity index (χ1v) is 6.54. The first-order valence-electron chi connectivity index (χ1n) is 6.54. The summed E-state index contributed by atoms with van der Waals surface area (Å²) in [5.41, 5.74) is 1.69. The van der Waals surface area contributed by atoms with Crippen LogP contribution >= 0.6 is 0 Å². The Labute approximate surface area is 116 Å². The molecule has 1 aromatic heterocycles. The molecule has 0 unspecified atom stereocenters. The Balaban J connectivity index is 2.20. The number of halogens is 3. The van der Waals surface area contributed by atoms with Crippen molar-refractivity contribution < 1.29 is 13.2 Å². The first kappa shape index (κ1) is 14.9. The highest BCUT2D eigenvalue weighted by atomic mass is 19.4. The summed E-state index contributed by atoms with van der Waals surface area (Å²) >= 11 is 0. The Morgan fingerprint density at radius 2 is 1.80 bits per heavy atom. The predicted octanol–water partition coefficient (Wildman–Crippen LogP) is 4.09. The summed E-state index contributed by atoms with van der Waals surface area (Å²) in [5, 5.41) is 4.20. The van der Waals surface area contributed by atoms with Crippen LogP contribution in [-0.4, -0.2) is 16.3 Å². The quantitative estimate of drug-likeness (QED) is 0.898. The predicted molar refractivity (Wildman–Crippen MR) is 74.6 cm³/mol. The standard InChI is InChI=1S/C15H19F3N2/c1-14(2,3)19-9-11-4-5-13-12(8-11)6-7-20(13)10-15(16,17)18/h4-8,19H,9-10H2,1-3H3. The zero-order valence-corrected chi connectivity index (χ0v) is 11.9. The smallest absolute Gasteiger partial charge is 0.338 e. The van der Waals surface area contributed by atoms with Gasteiger partial charge in [0, 0.05) is 23.8 Å². The van der Waals surface area contributed by atoms with Crippen LogP contribution < -0.4 is 5.32 Å². The van der Waals surface area contributed by atoms with Crippen molar-refractivity contribution >= 4 is 10.9 Å². The van der Waals surface area contributed by atoms with Crippen molar-refractivity contribution in [2.45, 2.75) is 45.6 Å². The largest absolute Gasteiger partial charge is 0.406 e. The summed E-state index contributed by atoms with van der Waals surface area (Å²) in [4.78, 5) is 0. The topological polar surface area (TPSA) is 17.0 Å². The average Bonchev–Trinajstić information content (AvgIpc) is 2.66. The van der Waals surface area contributed by atoms with Gasteiger partial charge in [-0.25, -0.2) is 0 Å². The van der Waals surface area contributed by atoms with Gasteiger partial charge in [0.2, 0.25) is 0 Å². The molecule has 0 amide bonds. The van der Waals surface area contributed by atoms with Crippen molar-refractivity contribution in [1.82, 2.24) is 9.88 Å². The lowest BCUT2D eigenvalue weighted by molar-refractivity contribution is -0.139. The summed E-state index contributed by atoms with van der Waals surface area (Å²) in [6.07, 6.45) is -2.71. The Morgan fingerprint density at radius 3 is 2.40 bits per heavy atom. The van der Waals surface area contributed by atoms with Gasteiger partial charge in [-0.15, -0.1) is 0 Å². The minimum absolute atomic E-state index is 0.0111. The van der Waals surface area contributed by atoms with Gasteiger partial charge in [-0.3, -0.25) is 0 Å². The molecule has 0 atom stereocenters. The molecule has 110 valence electrons. The normalized spacial score (nSPS) is 13.1. The van der Waals surface area contributed by atoms with E-state index in [2.05, 4.69) is 26.1 Å². The molecule has 1 heterocycles. The minimum Gasteiger partial charge on any atom is -0.338 e. The second-order valence-corrected chi connectivity index (χ2v) is 6.06. The molecule has 0 saturated heterocycles. The van der Waals surface area contributed by atoms with Crippen LogP contribution in [0.3, 0.4) is 0 Å². The summed E-state index contributed by atoms with van der Waals surface area (Å²) in [6, 6.07) is 7.28. The van der Waals surface area contributed by atoms with Crippen LogP contribution in [0.4, 0.5) is 13.2 Å². The molecule has 0 aliphatic heterocycles. The summed E-state index contributed by atoms with van der Waals surface area (Å²) < 4.78 is 38.6. The van der Waals surface area contributed by atoms with Gasteiger partial charge in [-0.2, -0.15) is 13.2 Å². The Bertz CT molecular complexity index is 591. The van der Waals surface area contributed by atoms with Crippen LogP contribution in [0.5, 0.6) is 0 Å². The monoisotopic (exact) mass is 284 g/mol. The van der Waals surface area contributed by atoms with E-state index in [9.17, 15) is 13.2 Å². The van der Waals surface area contributed by atoms with Crippen LogP contribution in [0.2, 0.25) is 0 Å². The zero-order valence-electron chi connectivity index (χ0n) is 11.9. The van der Waals surface area contributed by atoms with E-state index >= 15 is 0 Å². The van der Waals surface area contributed by atoms with Crippen molar-refractivity contribution in [1.29, 1.82) is 0 Å². The van der Waals surface area contributed by atoms with Crippen molar-refractivity contribution in [3.63, 3.8) is 0 Å². The third-order valence-corrected chi connectivity index (χ3v) is 3.01. The van der Waals surface area contributed by atoms with Gasteiger partial charge in [0.1, 0.15) is 6.54 Å². The Morgan fingerprint density at radius 1 is 1.10 bits per heavy atom. The molecular formula is C15H19F3N2. The SMILES string of the molecule is CC(C)(C)NCc1ccc2c(ccn2CC(F)(F)F)c1. The lowest BCUT2D eigenvalue weighted by atomic mass is 10.1. The number of fused-ring (bicyclic) bond motifs is 1. The van der Waals surface area contributed by atoms with Crippen LogP contribution in [0.25, 0.3) is 10.9 Å². The summed E-state index contributed by atoms with van der Waals surface area (Å²) in [6.45, 7) is 5.97. The van der Waals surface area contributed by atoms with Crippen LogP contribution in [0.1, 0.15) is 26.3 Å². The molecule has 2 rings (SSSR count). The van der Waals surface area contributed by atoms with Gasteiger partial charge in [0.05, 0.1) is 0 Å². The molecule has 0 saturated carbocycles. The highest BCUT2D eigenvalue weighted by molar-refractivity contribution is 5.80. The minimum atomic E-state index is -4.20. The molecule has 2 nitrogen and oxygen atoms in total. The molecule has 0 spiro atoms. The maximum absolute atomic E-state index is 12.4. The number of hydrogen-bond donors (Lipinski definition) is 1. The van der Waals surface area contributed by atoms with E-state index in [1.165, 1.54) is 10.8 Å². The second kappa shape index (κ2) is 5.13. The maximum atomic E-state index is 12.4. The van der Waals surface area contributed by atoms with Gasteiger partial charge in [-0.1, -0.05) is 6.07 Å². The molecule has 5 heteroatoms.